The third kappa shape index (κ3) is 3.20. The summed E-state index contributed by atoms with van der Waals surface area (Å²) in [6.45, 7) is 3.90. The highest BCUT2D eigenvalue weighted by atomic mass is 19.1. The van der Waals surface area contributed by atoms with Crippen LogP contribution in [0.25, 0.3) is 22.6 Å². The van der Waals surface area contributed by atoms with Gasteiger partial charge in [0.2, 0.25) is 5.89 Å². The molecule has 0 aliphatic carbocycles. The van der Waals surface area contributed by atoms with E-state index in [-0.39, 0.29) is 17.2 Å². The summed E-state index contributed by atoms with van der Waals surface area (Å²) in [6.07, 6.45) is 0. The van der Waals surface area contributed by atoms with Crippen LogP contribution in [0.5, 0.6) is 5.75 Å². The number of fused-ring (bicyclic) bond motifs is 1. The summed E-state index contributed by atoms with van der Waals surface area (Å²) >= 11 is 0. The molecule has 0 unspecified atom stereocenters. The minimum absolute atomic E-state index is 0.0372. The van der Waals surface area contributed by atoms with Gasteiger partial charge in [0.15, 0.2) is 5.58 Å². The van der Waals surface area contributed by atoms with E-state index in [4.69, 9.17) is 4.42 Å². The van der Waals surface area contributed by atoms with Gasteiger partial charge in [-0.3, -0.25) is 4.79 Å². The van der Waals surface area contributed by atoms with Crippen LogP contribution in [0.15, 0.2) is 59.0 Å². The molecule has 6 heteroatoms. The average molecular weight is 376 g/mol. The van der Waals surface area contributed by atoms with Gasteiger partial charge in [-0.1, -0.05) is 18.2 Å². The summed E-state index contributed by atoms with van der Waals surface area (Å²) in [5.74, 6) is -0.990. The van der Waals surface area contributed by atoms with Gasteiger partial charge in [-0.2, -0.15) is 0 Å². The van der Waals surface area contributed by atoms with Crippen molar-refractivity contribution in [3.05, 3.63) is 77.1 Å². The van der Waals surface area contributed by atoms with Crippen LogP contribution in [-0.4, -0.2) is 16.0 Å². The van der Waals surface area contributed by atoms with E-state index in [1.807, 2.05) is 26.0 Å². The van der Waals surface area contributed by atoms with Crippen molar-refractivity contribution in [2.24, 2.45) is 0 Å². The Hall–Kier alpha value is -3.67. The number of aromatic hydroxyl groups is 1. The van der Waals surface area contributed by atoms with Crippen molar-refractivity contribution in [3.8, 4) is 17.2 Å². The second-order valence-electron chi connectivity index (χ2n) is 6.61. The molecule has 1 amide bonds. The number of aryl methyl sites for hydroxylation is 2. The predicted octanol–water partition coefficient (Wildman–Crippen LogP) is 5.21. The number of oxazole rings is 1. The molecule has 28 heavy (non-hydrogen) atoms. The van der Waals surface area contributed by atoms with Crippen LogP contribution < -0.4 is 5.32 Å². The lowest BCUT2D eigenvalue weighted by Crippen LogP contribution is -2.13. The zero-order chi connectivity index (χ0) is 19.8. The van der Waals surface area contributed by atoms with Gasteiger partial charge in [-0.25, -0.2) is 9.37 Å². The molecule has 4 rings (SSSR count). The van der Waals surface area contributed by atoms with E-state index < -0.39 is 11.7 Å². The number of hydrogen-bond acceptors (Lipinski definition) is 4. The number of aromatic nitrogens is 1. The van der Waals surface area contributed by atoms with Crippen molar-refractivity contribution in [2.45, 2.75) is 13.8 Å². The quantitative estimate of drug-likeness (QED) is 0.481. The largest absolute Gasteiger partial charge is 0.507 e. The molecule has 5 nitrogen and oxygen atoms in total. The molecule has 2 N–H and O–H groups in total. The van der Waals surface area contributed by atoms with Crippen molar-refractivity contribution < 1.29 is 18.7 Å². The topological polar surface area (TPSA) is 75.4 Å². The summed E-state index contributed by atoms with van der Waals surface area (Å²) in [6, 6.07) is 14.1. The number of phenols is 1. The molecule has 3 aromatic carbocycles. The highest BCUT2D eigenvalue weighted by Crippen LogP contribution is 2.34. The van der Waals surface area contributed by atoms with Gasteiger partial charge in [0, 0.05) is 5.69 Å². The number of anilines is 1. The Balaban J connectivity index is 1.71. The SMILES string of the molecule is Cc1cc(C)c2oc(-c3cc(NC(=O)c4ccccc4F)ccc3O)nc2c1. The third-order valence-corrected chi connectivity index (χ3v) is 4.42. The molecule has 0 aliphatic rings. The van der Waals surface area contributed by atoms with Crippen LogP contribution in [-0.2, 0) is 0 Å². The van der Waals surface area contributed by atoms with E-state index in [2.05, 4.69) is 10.3 Å². The maximum atomic E-state index is 13.8. The molecule has 0 atom stereocenters. The highest BCUT2D eigenvalue weighted by Gasteiger charge is 2.16. The van der Waals surface area contributed by atoms with E-state index in [1.54, 1.807) is 12.1 Å². The van der Waals surface area contributed by atoms with E-state index in [0.29, 0.717) is 22.4 Å². The summed E-state index contributed by atoms with van der Waals surface area (Å²) in [5, 5.41) is 12.9. The van der Waals surface area contributed by atoms with Crippen molar-refractivity contribution in [1.29, 1.82) is 0 Å². The molecular weight excluding hydrogens is 359 g/mol. The molecule has 0 saturated carbocycles. The molecular formula is C22H17FN2O3. The first-order valence-corrected chi connectivity index (χ1v) is 8.69. The lowest BCUT2D eigenvalue weighted by Gasteiger charge is -2.08. The van der Waals surface area contributed by atoms with Crippen molar-refractivity contribution in [2.75, 3.05) is 5.32 Å². The first-order chi connectivity index (χ1) is 13.4. The van der Waals surface area contributed by atoms with Gasteiger partial charge in [-0.05, 0) is 61.4 Å². The Bertz CT molecular complexity index is 1210. The highest BCUT2D eigenvalue weighted by molar-refractivity contribution is 6.04. The number of amides is 1. The Morgan fingerprint density at radius 2 is 1.89 bits per heavy atom. The van der Waals surface area contributed by atoms with Crippen LogP contribution >= 0.6 is 0 Å². The number of benzene rings is 3. The van der Waals surface area contributed by atoms with Gasteiger partial charge >= 0.3 is 0 Å². The Morgan fingerprint density at radius 3 is 2.68 bits per heavy atom. The summed E-state index contributed by atoms with van der Waals surface area (Å²) < 4.78 is 19.7. The Morgan fingerprint density at radius 1 is 1.11 bits per heavy atom. The number of nitrogens with one attached hydrogen (secondary N) is 1. The fourth-order valence-corrected chi connectivity index (χ4v) is 3.12. The molecule has 0 fully saturated rings. The van der Waals surface area contributed by atoms with Crippen LogP contribution in [0.2, 0.25) is 0 Å². The van der Waals surface area contributed by atoms with Crippen LogP contribution in [0, 0.1) is 19.7 Å². The fourth-order valence-electron chi connectivity index (χ4n) is 3.12. The van der Waals surface area contributed by atoms with Crippen molar-refractivity contribution in [3.63, 3.8) is 0 Å². The number of halogens is 1. The van der Waals surface area contributed by atoms with Gasteiger partial charge < -0.3 is 14.8 Å². The number of rotatable bonds is 3. The maximum absolute atomic E-state index is 13.8. The number of nitrogens with zero attached hydrogens (tertiary/aromatic N) is 1. The average Bonchev–Trinajstić information content (AvgIpc) is 3.07. The summed E-state index contributed by atoms with van der Waals surface area (Å²) in [7, 11) is 0. The van der Waals surface area contributed by atoms with Gasteiger partial charge in [-0.15, -0.1) is 0 Å². The van der Waals surface area contributed by atoms with E-state index in [0.717, 1.165) is 11.1 Å². The summed E-state index contributed by atoms with van der Waals surface area (Å²) in [5.41, 5.74) is 3.98. The minimum atomic E-state index is -0.608. The minimum Gasteiger partial charge on any atom is -0.507 e. The molecule has 4 aromatic rings. The van der Waals surface area contributed by atoms with Gasteiger partial charge in [0.1, 0.15) is 17.1 Å². The lowest BCUT2D eigenvalue weighted by molar-refractivity contribution is 0.102. The van der Waals surface area contributed by atoms with Crippen LogP contribution in [0.3, 0.4) is 0 Å². The maximum Gasteiger partial charge on any atom is 0.258 e. The normalized spacial score (nSPS) is 11.0. The Kier molecular flexibility index (Phi) is 4.31. The van der Waals surface area contributed by atoms with Crippen molar-refractivity contribution >= 4 is 22.7 Å². The molecule has 0 radical (unpaired) electrons. The number of carbonyl (C=O) groups excluding carboxylic acids is 1. The van der Waals surface area contributed by atoms with E-state index >= 15 is 0 Å². The molecule has 0 saturated heterocycles. The second kappa shape index (κ2) is 6.81. The number of phenolic OH excluding ortho intramolecular Hbond substituents is 1. The van der Waals surface area contributed by atoms with Gasteiger partial charge in [0.05, 0.1) is 11.1 Å². The zero-order valence-corrected chi connectivity index (χ0v) is 15.3. The van der Waals surface area contributed by atoms with Crippen LogP contribution in [0.1, 0.15) is 21.5 Å². The molecule has 1 heterocycles. The fraction of sp³-hybridized carbons (Fsp3) is 0.0909. The second-order valence-corrected chi connectivity index (χ2v) is 6.61. The Labute approximate surface area is 160 Å². The number of hydrogen-bond donors (Lipinski definition) is 2. The summed E-state index contributed by atoms with van der Waals surface area (Å²) in [4.78, 5) is 16.8. The first kappa shape index (κ1) is 17.7. The van der Waals surface area contributed by atoms with Crippen LogP contribution in [0.4, 0.5) is 10.1 Å². The monoisotopic (exact) mass is 376 g/mol. The van der Waals surface area contributed by atoms with E-state index in [1.165, 1.54) is 30.3 Å². The van der Waals surface area contributed by atoms with Gasteiger partial charge in [0.25, 0.3) is 5.91 Å². The van der Waals surface area contributed by atoms with E-state index in [9.17, 15) is 14.3 Å². The number of carbonyl (C=O) groups is 1. The molecule has 140 valence electrons. The molecule has 0 spiro atoms. The predicted molar refractivity (Wildman–Crippen MR) is 105 cm³/mol. The lowest BCUT2D eigenvalue weighted by atomic mass is 10.1. The molecule has 0 bridgehead atoms. The zero-order valence-electron chi connectivity index (χ0n) is 15.3. The first-order valence-electron chi connectivity index (χ1n) is 8.69. The third-order valence-electron chi connectivity index (χ3n) is 4.42. The standard InChI is InChI=1S/C22H17FN2O3/c1-12-9-13(2)20-18(10-12)25-22(28-20)16-11-14(7-8-19(16)26)24-21(27)15-5-3-4-6-17(15)23/h3-11,26H,1-2H3,(H,24,27). The molecule has 1 aromatic heterocycles. The molecule has 0 aliphatic heterocycles. The van der Waals surface area contributed by atoms with Crippen molar-refractivity contribution in [1.82, 2.24) is 4.98 Å². The smallest absolute Gasteiger partial charge is 0.258 e.